The molecule has 1 aromatic heterocycles. The van der Waals surface area contributed by atoms with Gasteiger partial charge in [-0.3, -0.25) is 0 Å². The maximum Gasteiger partial charge on any atom is 0.156 e. The third kappa shape index (κ3) is 1.81. The van der Waals surface area contributed by atoms with Gasteiger partial charge in [0.1, 0.15) is 5.69 Å². The number of benzene rings is 1. The molecule has 0 saturated heterocycles. The van der Waals surface area contributed by atoms with Gasteiger partial charge in [-0.2, -0.15) is 10.3 Å². The van der Waals surface area contributed by atoms with Gasteiger partial charge >= 0.3 is 0 Å². The van der Waals surface area contributed by atoms with Crippen molar-refractivity contribution >= 4 is 31.9 Å². The summed E-state index contributed by atoms with van der Waals surface area (Å²) in [4.78, 5) is 0. The second kappa shape index (κ2) is 3.59. The van der Waals surface area contributed by atoms with Crippen LogP contribution in [0.2, 0.25) is 0 Å². The van der Waals surface area contributed by atoms with Crippen molar-refractivity contribution in [3.8, 4) is 11.3 Å². The molecule has 1 aromatic carbocycles. The summed E-state index contributed by atoms with van der Waals surface area (Å²) >= 11 is 6.68. The summed E-state index contributed by atoms with van der Waals surface area (Å²) in [6.07, 6.45) is 0. The Morgan fingerprint density at radius 3 is 2.23 bits per heavy atom. The van der Waals surface area contributed by atoms with Crippen LogP contribution in [0.15, 0.2) is 33.3 Å². The Bertz CT molecular complexity index is 408. The molecule has 0 saturated carbocycles. The van der Waals surface area contributed by atoms with Crippen molar-refractivity contribution in [3.05, 3.63) is 33.3 Å². The molecule has 1 N–H and O–H groups in total. The number of aromatic nitrogens is 3. The van der Waals surface area contributed by atoms with E-state index < -0.39 is 0 Å². The highest BCUT2D eigenvalue weighted by molar-refractivity contribution is 9.10. The van der Waals surface area contributed by atoms with Crippen molar-refractivity contribution in [2.75, 3.05) is 0 Å². The topological polar surface area (TPSA) is 41.6 Å². The number of aromatic amines is 1. The van der Waals surface area contributed by atoms with Crippen LogP contribution >= 0.6 is 31.9 Å². The van der Waals surface area contributed by atoms with E-state index in [2.05, 4.69) is 47.3 Å². The summed E-state index contributed by atoms with van der Waals surface area (Å²) in [5, 5.41) is 10.5. The zero-order valence-electron chi connectivity index (χ0n) is 6.46. The lowest BCUT2D eigenvalue weighted by atomic mass is 10.2. The molecule has 1 heterocycles. The standard InChI is InChI=1S/C8H5Br2N3/c9-6-3-1-5(2-4-6)7-8(10)12-13-11-7/h1-4H,(H,11,12,13). The number of nitrogens with zero attached hydrogens (tertiary/aromatic N) is 2. The van der Waals surface area contributed by atoms with E-state index in [4.69, 9.17) is 0 Å². The first-order valence-electron chi connectivity index (χ1n) is 3.59. The molecular formula is C8H5Br2N3. The van der Waals surface area contributed by atoms with Crippen molar-refractivity contribution < 1.29 is 0 Å². The smallest absolute Gasteiger partial charge is 0.156 e. The minimum absolute atomic E-state index is 0.731. The van der Waals surface area contributed by atoms with Gasteiger partial charge in [0.05, 0.1) is 0 Å². The molecule has 0 amide bonds. The van der Waals surface area contributed by atoms with Crippen LogP contribution in [0.5, 0.6) is 0 Å². The first kappa shape index (κ1) is 8.90. The summed E-state index contributed by atoms with van der Waals surface area (Å²) in [6, 6.07) is 7.90. The van der Waals surface area contributed by atoms with Crippen molar-refractivity contribution in [1.82, 2.24) is 15.4 Å². The van der Waals surface area contributed by atoms with Gasteiger partial charge in [0.2, 0.25) is 0 Å². The van der Waals surface area contributed by atoms with Crippen LogP contribution in [0.4, 0.5) is 0 Å². The van der Waals surface area contributed by atoms with Gasteiger partial charge in [-0.1, -0.05) is 28.1 Å². The second-order valence-corrected chi connectivity index (χ2v) is 4.14. The van der Waals surface area contributed by atoms with E-state index in [1.165, 1.54) is 0 Å². The molecule has 0 aliphatic rings. The van der Waals surface area contributed by atoms with Crippen LogP contribution in [0.3, 0.4) is 0 Å². The molecule has 13 heavy (non-hydrogen) atoms. The molecule has 0 fully saturated rings. The van der Waals surface area contributed by atoms with Gasteiger partial charge in [0, 0.05) is 10.0 Å². The van der Waals surface area contributed by atoms with Gasteiger partial charge in [-0.25, -0.2) is 0 Å². The van der Waals surface area contributed by atoms with Crippen molar-refractivity contribution in [2.24, 2.45) is 0 Å². The average molecular weight is 303 g/mol. The van der Waals surface area contributed by atoms with Crippen molar-refractivity contribution in [3.63, 3.8) is 0 Å². The van der Waals surface area contributed by atoms with Crippen molar-refractivity contribution in [1.29, 1.82) is 0 Å². The van der Waals surface area contributed by atoms with Crippen LogP contribution in [0, 0.1) is 0 Å². The van der Waals surface area contributed by atoms with E-state index in [-0.39, 0.29) is 0 Å². The fourth-order valence-corrected chi connectivity index (χ4v) is 1.67. The van der Waals surface area contributed by atoms with Gasteiger partial charge < -0.3 is 0 Å². The molecule has 0 radical (unpaired) electrons. The molecule has 0 aliphatic carbocycles. The van der Waals surface area contributed by atoms with Crippen molar-refractivity contribution in [2.45, 2.75) is 0 Å². The number of nitrogens with one attached hydrogen (secondary N) is 1. The lowest BCUT2D eigenvalue weighted by Gasteiger charge is -1.95. The van der Waals surface area contributed by atoms with Crippen LogP contribution < -0.4 is 0 Å². The normalized spacial score (nSPS) is 10.3. The van der Waals surface area contributed by atoms with E-state index in [1.807, 2.05) is 24.3 Å². The summed E-state index contributed by atoms with van der Waals surface area (Å²) in [6.45, 7) is 0. The largest absolute Gasteiger partial charge is 0.196 e. The monoisotopic (exact) mass is 301 g/mol. The molecule has 0 bridgehead atoms. The summed E-state index contributed by atoms with van der Waals surface area (Å²) in [7, 11) is 0. The summed E-state index contributed by atoms with van der Waals surface area (Å²) in [5.74, 6) is 0. The maximum absolute atomic E-state index is 4.02. The summed E-state index contributed by atoms with van der Waals surface area (Å²) < 4.78 is 1.78. The van der Waals surface area contributed by atoms with Crippen LogP contribution in [0.25, 0.3) is 11.3 Å². The van der Waals surface area contributed by atoms with Gasteiger partial charge in [0.25, 0.3) is 0 Å². The zero-order chi connectivity index (χ0) is 9.26. The molecule has 3 nitrogen and oxygen atoms in total. The third-order valence-electron chi connectivity index (χ3n) is 1.62. The Kier molecular flexibility index (Phi) is 2.46. The molecule has 0 unspecified atom stereocenters. The first-order chi connectivity index (χ1) is 6.27. The molecule has 66 valence electrons. The molecule has 0 aliphatic heterocycles. The Hall–Kier alpha value is -0.680. The number of rotatable bonds is 1. The number of H-pyrrole nitrogens is 1. The Morgan fingerprint density at radius 1 is 1.00 bits per heavy atom. The molecule has 5 heteroatoms. The van der Waals surface area contributed by atoms with Gasteiger partial charge in [0.15, 0.2) is 4.60 Å². The highest BCUT2D eigenvalue weighted by Crippen LogP contribution is 2.24. The third-order valence-corrected chi connectivity index (χ3v) is 2.70. The van der Waals surface area contributed by atoms with Gasteiger partial charge in [-0.15, -0.1) is 5.10 Å². The van der Waals surface area contributed by atoms with E-state index >= 15 is 0 Å². The van der Waals surface area contributed by atoms with E-state index in [9.17, 15) is 0 Å². The molecule has 2 rings (SSSR count). The van der Waals surface area contributed by atoms with E-state index in [1.54, 1.807) is 0 Å². The predicted molar refractivity (Wildman–Crippen MR) is 57.2 cm³/mol. The van der Waals surface area contributed by atoms with E-state index in [0.717, 1.165) is 20.3 Å². The fraction of sp³-hybridized carbons (Fsp3) is 0. The number of hydrogen-bond acceptors (Lipinski definition) is 2. The molecule has 2 aromatic rings. The second-order valence-electron chi connectivity index (χ2n) is 2.47. The van der Waals surface area contributed by atoms with Gasteiger partial charge in [-0.05, 0) is 28.1 Å². The SMILES string of the molecule is Brc1ccc(-c2n[nH]nc2Br)cc1. The average Bonchev–Trinajstić information content (AvgIpc) is 2.53. The Labute approximate surface area is 91.8 Å². The highest BCUT2D eigenvalue weighted by Gasteiger charge is 2.06. The lowest BCUT2D eigenvalue weighted by Crippen LogP contribution is -1.78. The first-order valence-corrected chi connectivity index (χ1v) is 5.18. The van der Waals surface area contributed by atoms with Crippen LogP contribution in [-0.2, 0) is 0 Å². The Balaban J connectivity index is 2.47. The zero-order valence-corrected chi connectivity index (χ0v) is 9.63. The fourth-order valence-electron chi connectivity index (χ4n) is 1.01. The maximum atomic E-state index is 4.02. The Morgan fingerprint density at radius 2 is 1.69 bits per heavy atom. The number of hydrogen-bond donors (Lipinski definition) is 1. The van der Waals surface area contributed by atoms with Crippen LogP contribution in [0.1, 0.15) is 0 Å². The number of halogens is 2. The molecule has 0 spiro atoms. The highest BCUT2D eigenvalue weighted by atomic mass is 79.9. The van der Waals surface area contributed by atoms with E-state index in [0.29, 0.717) is 0 Å². The molecule has 0 atom stereocenters. The predicted octanol–water partition coefficient (Wildman–Crippen LogP) is 3.00. The quantitative estimate of drug-likeness (QED) is 0.880. The lowest BCUT2D eigenvalue weighted by molar-refractivity contribution is 0.935. The minimum Gasteiger partial charge on any atom is -0.196 e. The molecular weight excluding hydrogens is 298 g/mol. The van der Waals surface area contributed by atoms with Crippen LogP contribution in [-0.4, -0.2) is 15.4 Å². The summed E-state index contributed by atoms with van der Waals surface area (Å²) in [5.41, 5.74) is 1.86. The minimum atomic E-state index is 0.731.